The fraction of sp³-hybridized carbons (Fsp3) is 0.231. The van der Waals surface area contributed by atoms with E-state index in [1.54, 1.807) is 12.1 Å². The van der Waals surface area contributed by atoms with Gasteiger partial charge >= 0.3 is 0 Å². The van der Waals surface area contributed by atoms with Crippen molar-refractivity contribution < 1.29 is 4.39 Å². The lowest BCUT2D eigenvalue weighted by Gasteiger charge is -2.05. The van der Waals surface area contributed by atoms with Crippen LogP contribution < -0.4 is 0 Å². The van der Waals surface area contributed by atoms with Crippen LogP contribution in [0.15, 0.2) is 28.7 Å². The zero-order valence-corrected chi connectivity index (χ0v) is 12.1. The number of halogens is 3. The van der Waals surface area contributed by atoms with Gasteiger partial charge < -0.3 is 0 Å². The van der Waals surface area contributed by atoms with Crippen LogP contribution in [0.5, 0.6) is 0 Å². The van der Waals surface area contributed by atoms with Gasteiger partial charge in [-0.3, -0.25) is 0 Å². The fourth-order valence-electron chi connectivity index (χ4n) is 1.66. The van der Waals surface area contributed by atoms with Crippen LogP contribution in [0.4, 0.5) is 4.39 Å². The minimum Gasteiger partial charge on any atom is -0.233 e. The molecule has 0 spiro atoms. The summed E-state index contributed by atoms with van der Waals surface area (Å²) in [5.74, 6) is 0.117. The first kappa shape index (κ1) is 13.4. The van der Waals surface area contributed by atoms with E-state index in [1.165, 1.54) is 12.1 Å². The average Bonchev–Trinajstić information content (AvgIpc) is 2.27. The first-order valence-corrected chi connectivity index (χ1v) is 6.75. The molecule has 0 aliphatic rings. The Morgan fingerprint density at radius 3 is 2.67 bits per heavy atom. The van der Waals surface area contributed by atoms with Crippen LogP contribution in [0.1, 0.15) is 19.0 Å². The summed E-state index contributed by atoms with van der Waals surface area (Å²) in [5, 5.41) is 0.379. The predicted molar refractivity (Wildman–Crippen MR) is 74.1 cm³/mol. The van der Waals surface area contributed by atoms with Crippen molar-refractivity contribution in [3.05, 3.63) is 45.4 Å². The molecule has 18 heavy (non-hydrogen) atoms. The Bertz CT molecular complexity index is 555. The van der Waals surface area contributed by atoms with Crippen molar-refractivity contribution in [2.75, 3.05) is 0 Å². The van der Waals surface area contributed by atoms with E-state index in [1.807, 2.05) is 0 Å². The molecule has 0 saturated heterocycles. The molecule has 0 unspecified atom stereocenters. The highest BCUT2D eigenvalue weighted by Gasteiger charge is 2.08. The van der Waals surface area contributed by atoms with Crippen LogP contribution >= 0.6 is 27.5 Å². The number of aromatic nitrogens is 2. The number of benzene rings is 1. The van der Waals surface area contributed by atoms with Gasteiger partial charge in [0.05, 0.1) is 0 Å². The van der Waals surface area contributed by atoms with Gasteiger partial charge in [-0.1, -0.05) is 40.9 Å². The second-order valence-electron chi connectivity index (χ2n) is 3.91. The summed E-state index contributed by atoms with van der Waals surface area (Å²) in [6, 6.07) is 6.29. The molecule has 94 valence electrons. The van der Waals surface area contributed by atoms with Gasteiger partial charge in [-0.15, -0.1) is 0 Å². The first-order chi connectivity index (χ1) is 8.58. The molecule has 0 N–H and O–H groups in total. The number of hydrogen-bond acceptors (Lipinski definition) is 2. The van der Waals surface area contributed by atoms with E-state index in [9.17, 15) is 4.39 Å². The summed E-state index contributed by atoms with van der Waals surface area (Å²) >= 11 is 9.21. The second kappa shape index (κ2) is 5.76. The van der Waals surface area contributed by atoms with Crippen LogP contribution in [-0.2, 0) is 6.42 Å². The van der Waals surface area contributed by atoms with Gasteiger partial charge in [-0.25, -0.2) is 14.4 Å². The third-order valence-electron chi connectivity index (χ3n) is 2.37. The van der Waals surface area contributed by atoms with Gasteiger partial charge in [-0.2, -0.15) is 0 Å². The summed E-state index contributed by atoms with van der Waals surface area (Å²) in [4.78, 5) is 8.53. The van der Waals surface area contributed by atoms with Gasteiger partial charge in [0.1, 0.15) is 11.0 Å². The van der Waals surface area contributed by atoms with Crippen molar-refractivity contribution in [2.45, 2.75) is 19.8 Å². The third-order valence-corrected chi connectivity index (χ3v) is 3.03. The zero-order valence-electron chi connectivity index (χ0n) is 9.75. The standard InChI is InChI=1S/C13H11BrClFN2/c1-2-3-11-7-12(15)18-13(17-11)8-4-9(14)6-10(16)5-8/h4-7H,2-3H2,1H3. The summed E-state index contributed by atoms with van der Waals surface area (Å²) < 4.78 is 14.0. The molecular formula is C13H11BrClFN2. The van der Waals surface area contributed by atoms with Crippen molar-refractivity contribution in [3.8, 4) is 11.4 Å². The molecule has 2 rings (SSSR count). The monoisotopic (exact) mass is 328 g/mol. The fourth-order valence-corrected chi connectivity index (χ4v) is 2.33. The molecule has 0 amide bonds. The van der Waals surface area contributed by atoms with Crippen molar-refractivity contribution in [1.82, 2.24) is 9.97 Å². The van der Waals surface area contributed by atoms with E-state index in [4.69, 9.17) is 11.6 Å². The highest BCUT2D eigenvalue weighted by molar-refractivity contribution is 9.10. The Balaban J connectivity index is 2.49. The minimum absolute atomic E-state index is 0.333. The van der Waals surface area contributed by atoms with E-state index >= 15 is 0 Å². The lowest BCUT2D eigenvalue weighted by molar-refractivity contribution is 0.627. The molecule has 1 aromatic carbocycles. The van der Waals surface area contributed by atoms with Crippen LogP contribution in [0.3, 0.4) is 0 Å². The van der Waals surface area contributed by atoms with E-state index in [0.29, 0.717) is 21.0 Å². The highest BCUT2D eigenvalue weighted by atomic mass is 79.9. The normalized spacial score (nSPS) is 10.7. The van der Waals surface area contributed by atoms with Crippen molar-refractivity contribution in [3.63, 3.8) is 0 Å². The molecule has 0 atom stereocenters. The Kier molecular flexibility index (Phi) is 4.30. The van der Waals surface area contributed by atoms with Gasteiger partial charge in [0, 0.05) is 15.7 Å². The maximum Gasteiger partial charge on any atom is 0.161 e. The van der Waals surface area contributed by atoms with Crippen LogP contribution in [0.2, 0.25) is 5.15 Å². The lowest BCUT2D eigenvalue weighted by atomic mass is 10.2. The van der Waals surface area contributed by atoms with Crippen LogP contribution in [0.25, 0.3) is 11.4 Å². The van der Waals surface area contributed by atoms with Crippen molar-refractivity contribution in [2.24, 2.45) is 0 Å². The first-order valence-electron chi connectivity index (χ1n) is 5.58. The number of hydrogen-bond donors (Lipinski definition) is 0. The van der Waals surface area contributed by atoms with E-state index in [-0.39, 0.29) is 5.82 Å². The number of aryl methyl sites for hydroxylation is 1. The summed E-state index contributed by atoms with van der Waals surface area (Å²) in [5.41, 5.74) is 1.48. The van der Waals surface area contributed by atoms with Gasteiger partial charge in [0.25, 0.3) is 0 Å². The molecule has 2 aromatic rings. The molecule has 1 aromatic heterocycles. The van der Waals surface area contributed by atoms with E-state index < -0.39 is 0 Å². The maximum atomic E-state index is 13.3. The highest BCUT2D eigenvalue weighted by Crippen LogP contribution is 2.23. The Morgan fingerprint density at radius 1 is 1.22 bits per heavy atom. The quantitative estimate of drug-likeness (QED) is 0.766. The lowest BCUT2D eigenvalue weighted by Crippen LogP contribution is -1.96. The molecule has 2 nitrogen and oxygen atoms in total. The predicted octanol–water partition coefficient (Wildman–Crippen LogP) is 4.65. The van der Waals surface area contributed by atoms with Crippen molar-refractivity contribution >= 4 is 27.5 Å². The van der Waals surface area contributed by atoms with E-state index in [2.05, 4.69) is 32.8 Å². The Hall–Kier alpha value is -1.00. The Labute approximate surface area is 118 Å². The molecule has 5 heteroatoms. The molecule has 0 aliphatic heterocycles. The summed E-state index contributed by atoms with van der Waals surface area (Å²) in [7, 11) is 0. The van der Waals surface area contributed by atoms with Crippen LogP contribution in [-0.4, -0.2) is 9.97 Å². The number of rotatable bonds is 3. The minimum atomic E-state index is -0.333. The second-order valence-corrected chi connectivity index (χ2v) is 5.22. The summed E-state index contributed by atoms with van der Waals surface area (Å²) in [6.07, 6.45) is 1.80. The molecule has 0 aliphatic carbocycles. The Morgan fingerprint density at radius 2 is 2.00 bits per heavy atom. The maximum absolute atomic E-state index is 13.3. The van der Waals surface area contributed by atoms with Gasteiger partial charge in [0.2, 0.25) is 0 Å². The van der Waals surface area contributed by atoms with Gasteiger partial charge in [0.15, 0.2) is 5.82 Å². The summed E-state index contributed by atoms with van der Waals surface area (Å²) in [6.45, 7) is 2.06. The van der Waals surface area contributed by atoms with Gasteiger partial charge in [-0.05, 0) is 30.7 Å². The molecule has 0 saturated carbocycles. The molecule has 0 bridgehead atoms. The SMILES string of the molecule is CCCc1cc(Cl)nc(-c2cc(F)cc(Br)c2)n1. The largest absolute Gasteiger partial charge is 0.233 e. The topological polar surface area (TPSA) is 25.8 Å². The molecule has 0 fully saturated rings. The molecular weight excluding hydrogens is 319 g/mol. The van der Waals surface area contributed by atoms with Crippen molar-refractivity contribution in [1.29, 1.82) is 0 Å². The average molecular weight is 330 g/mol. The molecule has 0 radical (unpaired) electrons. The zero-order chi connectivity index (χ0) is 13.1. The third kappa shape index (κ3) is 3.27. The molecule has 1 heterocycles. The smallest absolute Gasteiger partial charge is 0.161 e. The van der Waals surface area contributed by atoms with E-state index in [0.717, 1.165) is 18.5 Å². The number of nitrogens with zero attached hydrogens (tertiary/aromatic N) is 2. The van der Waals surface area contributed by atoms with Crippen LogP contribution in [0, 0.1) is 5.82 Å².